The average molecular weight is 171 g/mol. The number of nitrogens with one attached hydrogen (secondary N) is 1. The predicted molar refractivity (Wildman–Crippen MR) is 51.3 cm³/mol. The molecule has 0 saturated heterocycles. The van der Waals surface area contributed by atoms with E-state index in [1.165, 1.54) is 12.8 Å². The first-order valence-corrected chi connectivity index (χ1v) is 4.99. The van der Waals surface area contributed by atoms with Crippen LogP contribution in [0.2, 0.25) is 0 Å². The van der Waals surface area contributed by atoms with Crippen LogP contribution in [0.25, 0.3) is 0 Å². The van der Waals surface area contributed by atoms with Gasteiger partial charge in [0.1, 0.15) is 0 Å². The third-order valence-electron chi connectivity index (χ3n) is 2.46. The molecule has 12 heavy (non-hydrogen) atoms. The standard InChI is InChI=1S/C10H21NO/c1-8(2)10(6-7-12-3)11-9-4-5-9/h8-11H,4-7H2,1-3H3. The van der Waals surface area contributed by atoms with E-state index in [2.05, 4.69) is 19.2 Å². The van der Waals surface area contributed by atoms with Crippen molar-refractivity contribution in [1.29, 1.82) is 0 Å². The Hall–Kier alpha value is -0.0800. The monoisotopic (exact) mass is 171 g/mol. The van der Waals surface area contributed by atoms with Gasteiger partial charge in [0.2, 0.25) is 0 Å². The van der Waals surface area contributed by atoms with Crippen molar-refractivity contribution in [1.82, 2.24) is 5.32 Å². The van der Waals surface area contributed by atoms with Gasteiger partial charge < -0.3 is 10.1 Å². The molecule has 0 radical (unpaired) electrons. The van der Waals surface area contributed by atoms with Gasteiger partial charge in [0, 0.05) is 25.8 Å². The van der Waals surface area contributed by atoms with Crippen LogP contribution in [0.3, 0.4) is 0 Å². The summed E-state index contributed by atoms with van der Waals surface area (Å²) in [6, 6.07) is 1.46. The van der Waals surface area contributed by atoms with Gasteiger partial charge in [0.15, 0.2) is 0 Å². The Morgan fingerprint density at radius 2 is 2.08 bits per heavy atom. The van der Waals surface area contributed by atoms with Gasteiger partial charge in [-0.25, -0.2) is 0 Å². The van der Waals surface area contributed by atoms with E-state index in [1.807, 2.05) is 0 Å². The third-order valence-corrected chi connectivity index (χ3v) is 2.46. The van der Waals surface area contributed by atoms with E-state index in [-0.39, 0.29) is 0 Å². The van der Waals surface area contributed by atoms with Crippen LogP contribution in [-0.4, -0.2) is 25.8 Å². The third kappa shape index (κ3) is 3.55. The van der Waals surface area contributed by atoms with E-state index < -0.39 is 0 Å². The Bertz CT molecular complexity index is 121. The lowest BCUT2D eigenvalue weighted by molar-refractivity contribution is 0.173. The molecule has 2 heteroatoms. The molecule has 0 spiro atoms. The minimum Gasteiger partial charge on any atom is -0.385 e. The molecule has 1 aliphatic carbocycles. The topological polar surface area (TPSA) is 21.3 Å². The lowest BCUT2D eigenvalue weighted by Gasteiger charge is -2.21. The highest BCUT2D eigenvalue weighted by atomic mass is 16.5. The second-order valence-electron chi connectivity index (χ2n) is 4.07. The quantitative estimate of drug-likeness (QED) is 0.658. The molecule has 1 aliphatic rings. The average Bonchev–Trinajstić information content (AvgIpc) is 2.80. The van der Waals surface area contributed by atoms with Gasteiger partial charge in [-0.3, -0.25) is 0 Å². The maximum absolute atomic E-state index is 5.08. The fourth-order valence-corrected chi connectivity index (χ4v) is 1.41. The molecule has 0 aromatic rings. The van der Waals surface area contributed by atoms with Crippen LogP contribution in [-0.2, 0) is 4.74 Å². The summed E-state index contributed by atoms with van der Waals surface area (Å²) in [5, 5.41) is 3.65. The zero-order chi connectivity index (χ0) is 8.97. The number of ether oxygens (including phenoxy) is 1. The molecular formula is C10H21NO. The summed E-state index contributed by atoms with van der Waals surface area (Å²) in [7, 11) is 1.77. The van der Waals surface area contributed by atoms with Gasteiger partial charge >= 0.3 is 0 Å². The van der Waals surface area contributed by atoms with Crippen LogP contribution >= 0.6 is 0 Å². The van der Waals surface area contributed by atoms with E-state index in [9.17, 15) is 0 Å². The largest absolute Gasteiger partial charge is 0.385 e. The number of methoxy groups -OCH3 is 1. The number of hydrogen-bond donors (Lipinski definition) is 1. The second kappa shape index (κ2) is 4.83. The summed E-state index contributed by atoms with van der Waals surface area (Å²) in [6.07, 6.45) is 3.89. The molecule has 0 aromatic carbocycles. The fraction of sp³-hybridized carbons (Fsp3) is 1.00. The smallest absolute Gasteiger partial charge is 0.0477 e. The highest BCUT2D eigenvalue weighted by Crippen LogP contribution is 2.21. The molecule has 72 valence electrons. The molecule has 1 N–H and O–H groups in total. The highest BCUT2D eigenvalue weighted by Gasteiger charge is 2.25. The maximum atomic E-state index is 5.08. The van der Waals surface area contributed by atoms with Gasteiger partial charge in [-0.2, -0.15) is 0 Å². The predicted octanol–water partition coefficient (Wildman–Crippen LogP) is 1.80. The lowest BCUT2D eigenvalue weighted by Crippen LogP contribution is -2.36. The summed E-state index contributed by atoms with van der Waals surface area (Å²) >= 11 is 0. The van der Waals surface area contributed by atoms with E-state index in [1.54, 1.807) is 7.11 Å². The zero-order valence-electron chi connectivity index (χ0n) is 8.47. The van der Waals surface area contributed by atoms with E-state index in [0.29, 0.717) is 6.04 Å². The summed E-state index contributed by atoms with van der Waals surface area (Å²) < 4.78 is 5.08. The Morgan fingerprint density at radius 3 is 2.50 bits per heavy atom. The Kier molecular flexibility index (Phi) is 4.02. The summed E-state index contributed by atoms with van der Waals surface area (Å²) in [5.41, 5.74) is 0. The van der Waals surface area contributed by atoms with E-state index in [0.717, 1.165) is 25.0 Å². The number of rotatable bonds is 6. The first-order valence-electron chi connectivity index (χ1n) is 4.99. The van der Waals surface area contributed by atoms with Gasteiger partial charge in [-0.15, -0.1) is 0 Å². The second-order valence-corrected chi connectivity index (χ2v) is 4.07. The highest BCUT2D eigenvalue weighted by molar-refractivity contribution is 4.85. The van der Waals surface area contributed by atoms with E-state index >= 15 is 0 Å². The molecular weight excluding hydrogens is 150 g/mol. The lowest BCUT2D eigenvalue weighted by atomic mass is 10.0. The first-order chi connectivity index (χ1) is 5.74. The molecule has 0 aliphatic heterocycles. The summed E-state index contributed by atoms with van der Waals surface area (Å²) in [5.74, 6) is 0.723. The first kappa shape index (κ1) is 10.0. The summed E-state index contributed by atoms with van der Waals surface area (Å²) in [6.45, 7) is 5.42. The Labute approximate surface area is 75.7 Å². The maximum Gasteiger partial charge on any atom is 0.0477 e. The van der Waals surface area contributed by atoms with Crippen molar-refractivity contribution in [3.63, 3.8) is 0 Å². The molecule has 1 rings (SSSR count). The molecule has 2 nitrogen and oxygen atoms in total. The van der Waals surface area contributed by atoms with Crippen LogP contribution < -0.4 is 5.32 Å². The van der Waals surface area contributed by atoms with Crippen molar-refractivity contribution in [2.24, 2.45) is 5.92 Å². The molecule has 0 amide bonds. The van der Waals surface area contributed by atoms with Crippen molar-refractivity contribution in [2.75, 3.05) is 13.7 Å². The fourth-order valence-electron chi connectivity index (χ4n) is 1.41. The van der Waals surface area contributed by atoms with Gasteiger partial charge in [-0.1, -0.05) is 13.8 Å². The molecule has 1 fully saturated rings. The van der Waals surface area contributed by atoms with Crippen molar-refractivity contribution in [3.8, 4) is 0 Å². The van der Waals surface area contributed by atoms with Gasteiger partial charge in [0.25, 0.3) is 0 Å². The Balaban J connectivity index is 2.16. The summed E-state index contributed by atoms with van der Waals surface area (Å²) in [4.78, 5) is 0. The number of hydrogen-bond acceptors (Lipinski definition) is 2. The molecule has 1 saturated carbocycles. The molecule has 0 bridgehead atoms. The van der Waals surface area contributed by atoms with Crippen LogP contribution in [0.15, 0.2) is 0 Å². The molecule has 1 atom stereocenters. The van der Waals surface area contributed by atoms with Crippen LogP contribution in [0.1, 0.15) is 33.1 Å². The SMILES string of the molecule is COCCC(NC1CC1)C(C)C. The minimum absolute atomic E-state index is 0.650. The van der Waals surface area contributed by atoms with Gasteiger partial charge in [0.05, 0.1) is 0 Å². The normalized spacial score (nSPS) is 20.0. The van der Waals surface area contributed by atoms with Crippen molar-refractivity contribution in [2.45, 2.75) is 45.2 Å². The van der Waals surface area contributed by atoms with Gasteiger partial charge in [-0.05, 0) is 25.2 Å². The Morgan fingerprint density at radius 1 is 1.42 bits per heavy atom. The van der Waals surface area contributed by atoms with Crippen molar-refractivity contribution >= 4 is 0 Å². The molecule has 0 heterocycles. The van der Waals surface area contributed by atoms with E-state index in [4.69, 9.17) is 4.74 Å². The minimum atomic E-state index is 0.650. The van der Waals surface area contributed by atoms with Crippen molar-refractivity contribution < 1.29 is 4.74 Å². The van der Waals surface area contributed by atoms with Crippen molar-refractivity contribution in [3.05, 3.63) is 0 Å². The zero-order valence-corrected chi connectivity index (χ0v) is 8.47. The molecule has 1 unspecified atom stereocenters. The van der Waals surface area contributed by atoms with Crippen LogP contribution in [0.4, 0.5) is 0 Å². The molecule has 0 aromatic heterocycles. The van der Waals surface area contributed by atoms with Crippen LogP contribution in [0.5, 0.6) is 0 Å². The van der Waals surface area contributed by atoms with Crippen LogP contribution in [0, 0.1) is 5.92 Å².